The van der Waals surface area contributed by atoms with E-state index < -0.39 is 0 Å². The van der Waals surface area contributed by atoms with E-state index in [0.717, 1.165) is 21.8 Å². The summed E-state index contributed by atoms with van der Waals surface area (Å²) in [5.74, 6) is -0.194. The van der Waals surface area contributed by atoms with Gasteiger partial charge in [0.05, 0.1) is 0 Å². The van der Waals surface area contributed by atoms with E-state index >= 15 is 0 Å². The molecule has 0 atom stereocenters. The number of nitrogens with one attached hydrogen (secondary N) is 1. The molecule has 0 aliphatic rings. The van der Waals surface area contributed by atoms with E-state index in [1.54, 1.807) is 0 Å². The third kappa shape index (κ3) is 2.08. The smallest absolute Gasteiger partial charge is 0.247 e. The monoisotopic (exact) mass is 247 g/mol. The lowest BCUT2D eigenvalue weighted by Crippen LogP contribution is -2.07. The standard InChI is InChI=1S/C17H13NO/c1-2-17(19)18-16-9-5-8-14-10-12-6-3-4-7-13(12)11-15(14)16/h2-11H,1H2,(H,18,19). The molecule has 1 N–H and O–H groups in total. The predicted octanol–water partition coefficient (Wildman–Crippen LogP) is 4.12. The van der Waals surface area contributed by atoms with Gasteiger partial charge in [-0.15, -0.1) is 0 Å². The number of amides is 1. The molecule has 0 bridgehead atoms. The molecule has 19 heavy (non-hydrogen) atoms. The molecule has 0 unspecified atom stereocenters. The summed E-state index contributed by atoms with van der Waals surface area (Å²) in [7, 11) is 0. The molecular formula is C17H13NO. The maximum Gasteiger partial charge on any atom is 0.247 e. The fourth-order valence-corrected chi connectivity index (χ4v) is 2.26. The van der Waals surface area contributed by atoms with Gasteiger partial charge in [-0.1, -0.05) is 43.0 Å². The quantitative estimate of drug-likeness (QED) is 0.535. The lowest BCUT2D eigenvalue weighted by Gasteiger charge is -2.08. The van der Waals surface area contributed by atoms with Crippen LogP contribution in [0.2, 0.25) is 0 Å². The van der Waals surface area contributed by atoms with Crippen LogP contribution >= 0.6 is 0 Å². The maximum absolute atomic E-state index is 11.5. The zero-order valence-electron chi connectivity index (χ0n) is 10.4. The van der Waals surface area contributed by atoms with Gasteiger partial charge in [-0.05, 0) is 40.4 Å². The molecule has 3 aromatic carbocycles. The normalized spacial score (nSPS) is 10.5. The Bertz CT molecular complexity index is 789. The number of carbonyl (C=O) groups excluding carboxylic acids is 1. The number of hydrogen-bond donors (Lipinski definition) is 1. The molecule has 3 rings (SSSR count). The number of fused-ring (bicyclic) bond motifs is 2. The average molecular weight is 247 g/mol. The Kier molecular flexibility index (Phi) is 2.76. The van der Waals surface area contributed by atoms with E-state index in [4.69, 9.17) is 0 Å². The topological polar surface area (TPSA) is 29.1 Å². The van der Waals surface area contributed by atoms with Gasteiger partial charge in [0.15, 0.2) is 0 Å². The van der Waals surface area contributed by atoms with Crippen LogP contribution < -0.4 is 5.32 Å². The van der Waals surface area contributed by atoms with Crippen molar-refractivity contribution in [2.45, 2.75) is 0 Å². The molecule has 0 saturated carbocycles. The number of rotatable bonds is 2. The van der Waals surface area contributed by atoms with E-state index in [0.29, 0.717) is 0 Å². The summed E-state index contributed by atoms with van der Waals surface area (Å²) in [6.45, 7) is 3.47. The van der Waals surface area contributed by atoms with Crippen molar-refractivity contribution >= 4 is 33.1 Å². The largest absolute Gasteiger partial charge is 0.322 e. The molecule has 0 spiro atoms. The summed E-state index contributed by atoms with van der Waals surface area (Å²) in [6, 6.07) is 18.3. The first kappa shape index (κ1) is 11.5. The zero-order chi connectivity index (χ0) is 13.2. The Hall–Kier alpha value is -2.61. The van der Waals surface area contributed by atoms with Gasteiger partial charge in [-0.3, -0.25) is 4.79 Å². The van der Waals surface area contributed by atoms with Crippen LogP contribution in [0.5, 0.6) is 0 Å². The molecule has 92 valence electrons. The molecule has 3 aromatic rings. The Labute approximate surface area is 111 Å². The van der Waals surface area contributed by atoms with Crippen molar-refractivity contribution in [1.29, 1.82) is 0 Å². The molecule has 0 heterocycles. The molecular weight excluding hydrogens is 234 g/mol. The molecule has 0 aliphatic carbocycles. The van der Waals surface area contributed by atoms with Gasteiger partial charge in [0.2, 0.25) is 5.91 Å². The minimum absolute atomic E-state index is 0.194. The van der Waals surface area contributed by atoms with Crippen molar-refractivity contribution < 1.29 is 4.79 Å². The summed E-state index contributed by atoms with van der Waals surface area (Å²) >= 11 is 0. The molecule has 1 amide bonds. The van der Waals surface area contributed by atoms with Crippen LogP contribution in [0.25, 0.3) is 21.5 Å². The maximum atomic E-state index is 11.5. The molecule has 0 fully saturated rings. The van der Waals surface area contributed by atoms with Crippen LogP contribution in [-0.4, -0.2) is 5.91 Å². The van der Waals surface area contributed by atoms with Crippen molar-refractivity contribution in [3.63, 3.8) is 0 Å². The second kappa shape index (κ2) is 4.58. The van der Waals surface area contributed by atoms with E-state index in [1.165, 1.54) is 11.5 Å². The van der Waals surface area contributed by atoms with Gasteiger partial charge in [0.1, 0.15) is 0 Å². The first-order valence-electron chi connectivity index (χ1n) is 6.13. The Morgan fingerprint density at radius 3 is 2.37 bits per heavy atom. The number of benzene rings is 3. The molecule has 0 aromatic heterocycles. The summed E-state index contributed by atoms with van der Waals surface area (Å²) in [5.41, 5.74) is 0.813. The Morgan fingerprint density at radius 2 is 1.63 bits per heavy atom. The second-order valence-electron chi connectivity index (χ2n) is 4.42. The molecule has 2 nitrogen and oxygen atoms in total. The van der Waals surface area contributed by atoms with Crippen molar-refractivity contribution in [3.8, 4) is 0 Å². The lowest BCUT2D eigenvalue weighted by atomic mass is 10.0. The first-order valence-corrected chi connectivity index (χ1v) is 6.13. The number of anilines is 1. The summed E-state index contributed by atoms with van der Waals surface area (Å²) in [5, 5.41) is 7.35. The van der Waals surface area contributed by atoms with Crippen LogP contribution in [0.4, 0.5) is 5.69 Å². The Balaban J connectivity index is 2.25. The molecule has 0 saturated heterocycles. The minimum atomic E-state index is -0.194. The van der Waals surface area contributed by atoms with E-state index in [9.17, 15) is 4.79 Å². The molecule has 0 radical (unpaired) electrons. The fraction of sp³-hybridized carbons (Fsp3) is 0. The third-order valence-electron chi connectivity index (χ3n) is 3.19. The highest BCUT2D eigenvalue weighted by Gasteiger charge is 2.04. The van der Waals surface area contributed by atoms with Gasteiger partial charge < -0.3 is 5.32 Å². The van der Waals surface area contributed by atoms with E-state index in [1.807, 2.05) is 30.3 Å². The van der Waals surface area contributed by atoms with Crippen molar-refractivity contribution in [2.75, 3.05) is 5.32 Å². The summed E-state index contributed by atoms with van der Waals surface area (Å²) in [6.07, 6.45) is 1.28. The highest BCUT2D eigenvalue weighted by molar-refractivity contribution is 6.09. The van der Waals surface area contributed by atoms with Crippen LogP contribution in [0, 0.1) is 0 Å². The van der Waals surface area contributed by atoms with Crippen LogP contribution in [0.15, 0.2) is 67.3 Å². The van der Waals surface area contributed by atoms with Gasteiger partial charge in [0.25, 0.3) is 0 Å². The molecule has 0 aliphatic heterocycles. The second-order valence-corrected chi connectivity index (χ2v) is 4.42. The molecule has 2 heteroatoms. The lowest BCUT2D eigenvalue weighted by molar-refractivity contribution is -0.111. The Morgan fingerprint density at radius 1 is 0.947 bits per heavy atom. The van der Waals surface area contributed by atoms with Crippen LogP contribution in [-0.2, 0) is 4.79 Å². The minimum Gasteiger partial charge on any atom is -0.322 e. The van der Waals surface area contributed by atoms with Crippen molar-refractivity contribution in [2.24, 2.45) is 0 Å². The average Bonchev–Trinajstić information content (AvgIpc) is 2.45. The van der Waals surface area contributed by atoms with Gasteiger partial charge in [0, 0.05) is 11.1 Å². The summed E-state index contributed by atoms with van der Waals surface area (Å²) < 4.78 is 0. The predicted molar refractivity (Wildman–Crippen MR) is 80.3 cm³/mol. The van der Waals surface area contributed by atoms with Crippen LogP contribution in [0.1, 0.15) is 0 Å². The van der Waals surface area contributed by atoms with Crippen molar-refractivity contribution in [3.05, 3.63) is 67.3 Å². The SMILES string of the molecule is C=CC(=O)Nc1cccc2cc3ccccc3cc12. The highest BCUT2D eigenvalue weighted by atomic mass is 16.1. The highest BCUT2D eigenvalue weighted by Crippen LogP contribution is 2.28. The third-order valence-corrected chi connectivity index (χ3v) is 3.19. The van der Waals surface area contributed by atoms with E-state index in [2.05, 4.69) is 36.2 Å². The number of hydrogen-bond acceptors (Lipinski definition) is 1. The summed E-state index contributed by atoms with van der Waals surface area (Å²) in [4.78, 5) is 11.5. The van der Waals surface area contributed by atoms with Gasteiger partial charge >= 0.3 is 0 Å². The zero-order valence-corrected chi connectivity index (χ0v) is 10.4. The van der Waals surface area contributed by atoms with Crippen LogP contribution in [0.3, 0.4) is 0 Å². The van der Waals surface area contributed by atoms with Crippen molar-refractivity contribution in [1.82, 2.24) is 0 Å². The van der Waals surface area contributed by atoms with E-state index in [-0.39, 0.29) is 5.91 Å². The number of carbonyl (C=O) groups is 1. The first-order chi connectivity index (χ1) is 9.28. The van der Waals surface area contributed by atoms with Gasteiger partial charge in [-0.25, -0.2) is 0 Å². The van der Waals surface area contributed by atoms with Gasteiger partial charge in [-0.2, -0.15) is 0 Å². The fourth-order valence-electron chi connectivity index (χ4n) is 2.26.